The van der Waals surface area contributed by atoms with Crippen LogP contribution >= 0.6 is 0 Å². The molecule has 30 heavy (non-hydrogen) atoms. The van der Waals surface area contributed by atoms with Crippen molar-refractivity contribution in [2.75, 3.05) is 0 Å². The van der Waals surface area contributed by atoms with Crippen molar-refractivity contribution < 1.29 is 14.4 Å². The van der Waals surface area contributed by atoms with Gasteiger partial charge in [-0.3, -0.25) is 19.7 Å². The fraction of sp³-hybridized carbons (Fsp3) is 0.292. The summed E-state index contributed by atoms with van der Waals surface area (Å²) in [4.78, 5) is 41.9. The van der Waals surface area contributed by atoms with Gasteiger partial charge in [0.1, 0.15) is 6.04 Å². The first-order valence-electron chi connectivity index (χ1n) is 10.5. The minimum Gasteiger partial charge on any atom is -0.358 e. The van der Waals surface area contributed by atoms with Crippen molar-refractivity contribution in [3.05, 3.63) is 58.8 Å². The van der Waals surface area contributed by atoms with Gasteiger partial charge < -0.3 is 9.88 Å². The zero-order valence-corrected chi connectivity index (χ0v) is 16.5. The van der Waals surface area contributed by atoms with Crippen LogP contribution in [0.5, 0.6) is 0 Å². The molecule has 1 aromatic heterocycles. The van der Waals surface area contributed by atoms with Crippen LogP contribution in [0.3, 0.4) is 0 Å². The number of para-hydroxylation sites is 1. The van der Waals surface area contributed by atoms with Crippen molar-refractivity contribution in [2.45, 2.75) is 44.7 Å². The van der Waals surface area contributed by atoms with Gasteiger partial charge in [-0.15, -0.1) is 0 Å². The number of aromatic amines is 1. The molecule has 3 aliphatic rings. The molecule has 6 heteroatoms. The summed E-state index contributed by atoms with van der Waals surface area (Å²) in [6, 6.07) is 11.7. The molecule has 1 saturated heterocycles. The van der Waals surface area contributed by atoms with Gasteiger partial charge in [-0.25, -0.2) is 0 Å². The van der Waals surface area contributed by atoms with Gasteiger partial charge in [-0.05, 0) is 54.5 Å². The normalized spacial score (nSPS) is 20.6. The van der Waals surface area contributed by atoms with Gasteiger partial charge in [0.25, 0.3) is 5.91 Å². The third-order valence-corrected chi connectivity index (χ3v) is 6.72. The third-order valence-electron chi connectivity index (χ3n) is 6.72. The summed E-state index contributed by atoms with van der Waals surface area (Å²) in [7, 11) is 0. The van der Waals surface area contributed by atoms with Crippen molar-refractivity contribution >= 4 is 28.6 Å². The molecule has 2 aromatic carbocycles. The van der Waals surface area contributed by atoms with Gasteiger partial charge in [0.2, 0.25) is 11.8 Å². The predicted molar refractivity (Wildman–Crippen MR) is 112 cm³/mol. The second-order valence-corrected chi connectivity index (χ2v) is 8.44. The molecule has 1 aliphatic carbocycles. The number of hydrogen-bond donors (Lipinski definition) is 2. The standard InChI is InChI=1S/C24H21N3O3/c28-21-10-9-20(23(29)26-21)27-12-14-11-13(7-8-16(14)24(27)30)15-3-1-5-18-17-4-2-6-19(17)25-22(15)18/h1,3,5,7-8,11,20,25H,2,4,6,9-10,12H2,(H,26,28,29). The quantitative estimate of drug-likeness (QED) is 0.650. The Bertz CT molecular complexity index is 1260. The maximum atomic E-state index is 12.9. The Hall–Kier alpha value is -3.41. The lowest BCUT2D eigenvalue weighted by Gasteiger charge is -2.29. The molecule has 1 fully saturated rings. The van der Waals surface area contributed by atoms with E-state index < -0.39 is 6.04 Å². The fourth-order valence-electron chi connectivity index (χ4n) is 5.25. The van der Waals surface area contributed by atoms with Gasteiger partial charge in [-0.2, -0.15) is 0 Å². The minimum atomic E-state index is -0.583. The highest BCUT2D eigenvalue weighted by molar-refractivity contribution is 6.06. The van der Waals surface area contributed by atoms with E-state index >= 15 is 0 Å². The van der Waals surface area contributed by atoms with E-state index in [-0.39, 0.29) is 24.1 Å². The first-order chi connectivity index (χ1) is 14.6. The summed E-state index contributed by atoms with van der Waals surface area (Å²) in [6.45, 7) is 0.394. The van der Waals surface area contributed by atoms with Crippen molar-refractivity contribution in [1.29, 1.82) is 0 Å². The Morgan fingerprint density at radius 1 is 0.967 bits per heavy atom. The Morgan fingerprint density at radius 3 is 2.73 bits per heavy atom. The number of aromatic nitrogens is 1. The Morgan fingerprint density at radius 2 is 1.87 bits per heavy atom. The molecular formula is C24H21N3O3. The Kier molecular flexibility index (Phi) is 3.66. The molecule has 2 aliphatic heterocycles. The lowest BCUT2D eigenvalue weighted by atomic mass is 9.98. The summed E-state index contributed by atoms with van der Waals surface area (Å²) in [5.41, 5.74) is 7.72. The van der Waals surface area contributed by atoms with Crippen LogP contribution < -0.4 is 5.32 Å². The number of piperidine rings is 1. The number of amides is 3. The predicted octanol–water partition coefficient (Wildman–Crippen LogP) is 3.08. The topological polar surface area (TPSA) is 82.3 Å². The summed E-state index contributed by atoms with van der Waals surface area (Å²) in [5, 5.41) is 3.65. The molecule has 150 valence electrons. The molecule has 1 atom stereocenters. The van der Waals surface area contributed by atoms with Crippen LogP contribution in [0.1, 0.15) is 46.4 Å². The summed E-state index contributed by atoms with van der Waals surface area (Å²) >= 11 is 0. The molecule has 3 aromatic rings. The Labute approximate surface area is 173 Å². The van der Waals surface area contributed by atoms with Gasteiger partial charge in [0.05, 0.1) is 5.52 Å². The number of benzene rings is 2. The SMILES string of the molecule is O=C1CCC(N2Cc3cc(-c4cccc5c6c([nH]c45)CCC6)ccc3C2=O)C(=O)N1. The van der Waals surface area contributed by atoms with Gasteiger partial charge in [0, 0.05) is 35.2 Å². The van der Waals surface area contributed by atoms with Crippen LogP contribution in [-0.2, 0) is 29.0 Å². The number of nitrogens with zero attached hydrogens (tertiary/aromatic N) is 1. The molecule has 1 unspecified atom stereocenters. The maximum Gasteiger partial charge on any atom is 0.255 e. The second kappa shape index (κ2) is 6.29. The Balaban J connectivity index is 1.37. The average molecular weight is 399 g/mol. The van der Waals surface area contributed by atoms with Crippen molar-refractivity contribution in [3.63, 3.8) is 0 Å². The van der Waals surface area contributed by atoms with Crippen LogP contribution in [0.15, 0.2) is 36.4 Å². The zero-order chi connectivity index (χ0) is 20.4. The van der Waals surface area contributed by atoms with E-state index in [1.807, 2.05) is 12.1 Å². The van der Waals surface area contributed by atoms with Crippen LogP contribution in [0.25, 0.3) is 22.0 Å². The lowest BCUT2D eigenvalue weighted by Crippen LogP contribution is -2.52. The number of fused-ring (bicyclic) bond motifs is 4. The molecule has 0 radical (unpaired) electrons. The minimum absolute atomic E-state index is 0.136. The molecule has 0 saturated carbocycles. The summed E-state index contributed by atoms with van der Waals surface area (Å²) in [5.74, 6) is -0.782. The number of carbonyl (C=O) groups excluding carboxylic acids is 3. The average Bonchev–Trinajstić information content (AvgIpc) is 3.41. The van der Waals surface area contributed by atoms with Crippen molar-refractivity contribution in [2.24, 2.45) is 0 Å². The van der Waals surface area contributed by atoms with Gasteiger partial charge >= 0.3 is 0 Å². The van der Waals surface area contributed by atoms with E-state index in [4.69, 9.17) is 0 Å². The van der Waals surface area contributed by atoms with Crippen LogP contribution in [-0.4, -0.2) is 33.6 Å². The molecule has 0 bridgehead atoms. The van der Waals surface area contributed by atoms with Crippen LogP contribution in [0.2, 0.25) is 0 Å². The second-order valence-electron chi connectivity index (χ2n) is 8.44. The molecular weight excluding hydrogens is 378 g/mol. The van der Waals surface area contributed by atoms with Crippen molar-refractivity contribution in [1.82, 2.24) is 15.2 Å². The van der Waals surface area contributed by atoms with Gasteiger partial charge in [0.15, 0.2) is 0 Å². The molecule has 6 nitrogen and oxygen atoms in total. The van der Waals surface area contributed by atoms with Crippen LogP contribution in [0, 0.1) is 0 Å². The third kappa shape index (κ3) is 2.46. The smallest absolute Gasteiger partial charge is 0.255 e. The highest BCUT2D eigenvalue weighted by atomic mass is 16.2. The van der Waals surface area contributed by atoms with Crippen molar-refractivity contribution in [3.8, 4) is 11.1 Å². The maximum absolute atomic E-state index is 12.9. The summed E-state index contributed by atoms with van der Waals surface area (Å²) < 4.78 is 0. The largest absolute Gasteiger partial charge is 0.358 e. The fourth-order valence-corrected chi connectivity index (χ4v) is 5.25. The van der Waals surface area contributed by atoms with E-state index in [0.29, 0.717) is 18.5 Å². The van der Waals surface area contributed by atoms with E-state index in [1.54, 1.807) is 4.90 Å². The first-order valence-corrected chi connectivity index (χ1v) is 10.5. The first kappa shape index (κ1) is 17.4. The molecule has 3 heterocycles. The molecule has 0 spiro atoms. The van der Waals surface area contributed by atoms with E-state index in [1.165, 1.54) is 23.1 Å². The number of rotatable bonds is 2. The molecule has 3 amide bonds. The van der Waals surface area contributed by atoms with Crippen LogP contribution in [0.4, 0.5) is 0 Å². The lowest BCUT2D eigenvalue weighted by molar-refractivity contribution is -0.136. The number of H-pyrrole nitrogens is 1. The number of imide groups is 1. The monoisotopic (exact) mass is 399 g/mol. The number of hydrogen-bond acceptors (Lipinski definition) is 3. The van der Waals surface area contributed by atoms with E-state index in [9.17, 15) is 14.4 Å². The number of carbonyl (C=O) groups is 3. The molecule has 2 N–H and O–H groups in total. The van der Waals surface area contributed by atoms with E-state index in [0.717, 1.165) is 35.0 Å². The number of aryl methyl sites for hydroxylation is 2. The number of nitrogens with one attached hydrogen (secondary N) is 2. The summed E-state index contributed by atoms with van der Waals surface area (Å²) in [6.07, 6.45) is 4.08. The zero-order valence-electron chi connectivity index (χ0n) is 16.5. The van der Waals surface area contributed by atoms with E-state index in [2.05, 4.69) is 34.6 Å². The molecule has 6 rings (SSSR count). The highest BCUT2D eigenvalue weighted by Crippen LogP contribution is 2.37. The highest BCUT2D eigenvalue weighted by Gasteiger charge is 2.39. The van der Waals surface area contributed by atoms with Gasteiger partial charge in [-0.1, -0.05) is 24.3 Å².